The van der Waals surface area contributed by atoms with Crippen LogP contribution in [0.2, 0.25) is 0 Å². The van der Waals surface area contributed by atoms with Crippen molar-refractivity contribution in [1.82, 2.24) is 5.32 Å². The Hall–Kier alpha value is -0.340. The molecule has 3 N–H and O–H groups in total. The predicted molar refractivity (Wildman–Crippen MR) is 87.1 cm³/mol. The first kappa shape index (κ1) is 18.0. The lowest BCUT2D eigenvalue weighted by Gasteiger charge is -2.28. The van der Waals surface area contributed by atoms with Gasteiger partial charge in [-0.25, -0.2) is 0 Å². The number of carbonyl (C=O) groups excluding carboxylic acids is 1. The van der Waals surface area contributed by atoms with Crippen molar-refractivity contribution < 1.29 is 19.0 Å². The number of nitrogens with two attached hydrogens (primary N) is 1. The Bertz CT molecular complexity index is 411. The molecule has 7 heteroatoms. The van der Waals surface area contributed by atoms with Crippen LogP contribution >= 0.6 is 12.6 Å². The van der Waals surface area contributed by atoms with Gasteiger partial charge < -0.3 is 25.3 Å². The highest BCUT2D eigenvalue weighted by molar-refractivity contribution is 7.82. The molecule has 2 saturated heterocycles. The molecule has 2 aliphatic rings. The third-order valence-electron chi connectivity index (χ3n) is 4.02. The molecule has 6 nitrogen and oxygen atoms in total. The van der Waals surface area contributed by atoms with Gasteiger partial charge in [-0.1, -0.05) is 0 Å². The lowest BCUT2D eigenvalue weighted by atomic mass is 10.0. The smallest absolute Gasteiger partial charge is 0.236 e. The molecule has 5 atom stereocenters. The summed E-state index contributed by atoms with van der Waals surface area (Å²) in [6, 6.07) is -0.282. The fourth-order valence-corrected chi connectivity index (χ4v) is 2.80. The van der Waals surface area contributed by atoms with Crippen LogP contribution in [0.5, 0.6) is 0 Å². The lowest BCUT2D eigenvalue weighted by Crippen LogP contribution is -2.51. The first-order valence-electron chi connectivity index (χ1n) is 7.76. The minimum absolute atomic E-state index is 0.116. The van der Waals surface area contributed by atoms with Gasteiger partial charge in [0.25, 0.3) is 0 Å². The van der Waals surface area contributed by atoms with Gasteiger partial charge in [0.2, 0.25) is 5.91 Å². The molecule has 0 saturated carbocycles. The van der Waals surface area contributed by atoms with E-state index in [0.29, 0.717) is 26.2 Å². The highest BCUT2D eigenvalue weighted by Gasteiger charge is 2.47. The summed E-state index contributed by atoms with van der Waals surface area (Å²) in [4.78, 5) is 12.5. The molecule has 5 unspecified atom stereocenters. The molecule has 0 bridgehead atoms. The van der Waals surface area contributed by atoms with Gasteiger partial charge in [0, 0.05) is 6.61 Å². The van der Waals surface area contributed by atoms with Crippen molar-refractivity contribution in [2.75, 3.05) is 19.8 Å². The van der Waals surface area contributed by atoms with Gasteiger partial charge >= 0.3 is 0 Å². The summed E-state index contributed by atoms with van der Waals surface area (Å²) in [6.07, 6.45) is 0.246. The van der Waals surface area contributed by atoms with E-state index in [9.17, 15) is 4.79 Å². The quantitative estimate of drug-likeness (QED) is 0.638. The third kappa shape index (κ3) is 4.35. The molecule has 0 aromatic heterocycles. The summed E-state index contributed by atoms with van der Waals surface area (Å²) in [5.41, 5.74) is 5.69. The Morgan fingerprint density at radius 1 is 1.27 bits per heavy atom. The number of hydrogen-bond acceptors (Lipinski definition) is 6. The van der Waals surface area contributed by atoms with Crippen LogP contribution in [0.25, 0.3) is 0 Å². The first-order valence-corrected chi connectivity index (χ1v) is 8.21. The molecule has 128 valence electrons. The van der Waals surface area contributed by atoms with E-state index in [1.807, 2.05) is 20.8 Å². The van der Waals surface area contributed by atoms with Crippen LogP contribution in [0.4, 0.5) is 0 Å². The van der Waals surface area contributed by atoms with Crippen LogP contribution in [-0.4, -0.2) is 60.4 Å². The Morgan fingerprint density at radius 3 is 2.55 bits per heavy atom. The Labute approximate surface area is 137 Å². The van der Waals surface area contributed by atoms with E-state index in [0.717, 1.165) is 0 Å². The van der Waals surface area contributed by atoms with E-state index in [4.69, 9.17) is 19.9 Å². The van der Waals surface area contributed by atoms with Crippen molar-refractivity contribution in [2.24, 2.45) is 5.73 Å². The average Bonchev–Trinajstić information content (AvgIpc) is 2.92. The summed E-state index contributed by atoms with van der Waals surface area (Å²) >= 11 is 4.50. The Balaban J connectivity index is 1.83. The highest BCUT2D eigenvalue weighted by Crippen LogP contribution is 2.27. The molecule has 0 radical (unpaired) electrons. The number of nitrogens with one attached hydrogen (secondary N) is 1. The van der Waals surface area contributed by atoms with Gasteiger partial charge in [-0.05, 0) is 34.1 Å². The van der Waals surface area contributed by atoms with Crippen molar-refractivity contribution >= 4 is 18.5 Å². The predicted octanol–water partition coefficient (Wildman–Crippen LogP) is 0.490. The summed E-state index contributed by atoms with van der Waals surface area (Å²) in [5.74, 6) is -0.133. The van der Waals surface area contributed by atoms with Gasteiger partial charge in [-0.15, -0.1) is 0 Å². The van der Waals surface area contributed by atoms with Crippen molar-refractivity contribution in [1.29, 1.82) is 0 Å². The van der Waals surface area contributed by atoms with Crippen LogP contribution in [-0.2, 0) is 19.0 Å². The van der Waals surface area contributed by atoms with Crippen LogP contribution in [0.3, 0.4) is 0 Å². The minimum Gasteiger partial charge on any atom is -0.376 e. The monoisotopic (exact) mass is 332 g/mol. The zero-order valence-corrected chi connectivity index (χ0v) is 14.7. The standard InChI is InChI=1S/C15H28N2O4S/c1-14(2,3)21-6-5-15(4,22)13(18)17-10-8-20-11-9(16)7-19-12(10)11/h9-12,22H,5-8,16H2,1-4H3,(H,17,18). The zero-order chi connectivity index (χ0) is 16.5. The highest BCUT2D eigenvalue weighted by atomic mass is 32.1. The summed E-state index contributed by atoms with van der Waals surface area (Å²) < 4.78 is 16.1. The topological polar surface area (TPSA) is 82.8 Å². The molecule has 2 rings (SSSR count). The number of amides is 1. The molecule has 2 heterocycles. The summed E-state index contributed by atoms with van der Waals surface area (Å²) in [5, 5.41) is 2.98. The maximum Gasteiger partial charge on any atom is 0.236 e. The van der Waals surface area contributed by atoms with Gasteiger partial charge in [-0.2, -0.15) is 12.6 Å². The molecule has 0 aromatic carbocycles. The third-order valence-corrected chi connectivity index (χ3v) is 4.45. The van der Waals surface area contributed by atoms with E-state index < -0.39 is 4.75 Å². The van der Waals surface area contributed by atoms with Crippen LogP contribution in [0.1, 0.15) is 34.1 Å². The van der Waals surface area contributed by atoms with Crippen molar-refractivity contribution in [3.05, 3.63) is 0 Å². The molecule has 22 heavy (non-hydrogen) atoms. The molecule has 0 aromatic rings. The van der Waals surface area contributed by atoms with Crippen LogP contribution in [0, 0.1) is 0 Å². The van der Waals surface area contributed by atoms with E-state index in [2.05, 4.69) is 17.9 Å². The number of rotatable bonds is 5. The van der Waals surface area contributed by atoms with E-state index in [1.165, 1.54) is 0 Å². The zero-order valence-electron chi connectivity index (χ0n) is 13.8. The number of hydrogen-bond donors (Lipinski definition) is 3. The van der Waals surface area contributed by atoms with Gasteiger partial charge in [0.15, 0.2) is 0 Å². The largest absolute Gasteiger partial charge is 0.376 e. The van der Waals surface area contributed by atoms with Crippen LogP contribution < -0.4 is 11.1 Å². The fraction of sp³-hybridized carbons (Fsp3) is 0.933. The van der Waals surface area contributed by atoms with E-state index >= 15 is 0 Å². The van der Waals surface area contributed by atoms with Gasteiger partial charge in [0.1, 0.15) is 12.2 Å². The summed E-state index contributed by atoms with van der Waals surface area (Å²) in [6.45, 7) is 9.13. The molecular weight excluding hydrogens is 304 g/mol. The number of thiol groups is 1. The van der Waals surface area contributed by atoms with Crippen molar-refractivity contribution in [3.63, 3.8) is 0 Å². The summed E-state index contributed by atoms with van der Waals surface area (Å²) in [7, 11) is 0. The van der Waals surface area contributed by atoms with Crippen molar-refractivity contribution in [2.45, 2.75) is 68.8 Å². The molecular formula is C15H28N2O4S. The fourth-order valence-electron chi connectivity index (χ4n) is 2.65. The Kier molecular flexibility index (Phi) is 5.44. The normalized spacial score (nSPS) is 34.3. The average molecular weight is 332 g/mol. The van der Waals surface area contributed by atoms with Gasteiger partial charge in [0.05, 0.1) is 35.6 Å². The van der Waals surface area contributed by atoms with Crippen LogP contribution in [0.15, 0.2) is 0 Å². The number of ether oxygens (including phenoxy) is 3. The van der Waals surface area contributed by atoms with E-state index in [-0.39, 0.29) is 35.8 Å². The Morgan fingerprint density at radius 2 is 1.91 bits per heavy atom. The second-order valence-electron chi connectivity index (χ2n) is 7.32. The second kappa shape index (κ2) is 6.65. The molecule has 2 aliphatic heterocycles. The molecule has 0 spiro atoms. The maximum atomic E-state index is 12.5. The number of carbonyl (C=O) groups is 1. The SMILES string of the molecule is CC(C)(C)OCCC(C)(S)C(=O)NC1COC2C(N)COC12. The molecule has 2 fully saturated rings. The molecule has 0 aliphatic carbocycles. The first-order chi connectivity index (χ1) is 10.1. The number of fused-ring (bicyclic) bond motifs is 1. The molecule has 1 amide bonds. The maximum absolute atomic E-state index is 12.5. The lowest BCUT2D eigenvalue weighted by molar-refractivity contribution is -0.125. The minimum atomic E-state index is -0.802. The van der Waals surface area contributed by atoms with E-state index in [1.54, 1.807) is 6.92 Å². The second-order valence-corrected chi connectivity index (χ2v) is 8.31. The van der Waals surface area contributed by atoms with Crippen molar-refractivity contribution in [3.8, 4) is 0 Å². The van der Waals surface area contributed by atoms with Gasteiger partial charge in [-0.3, -0.25) is 4.79 Å².